The minimum Gasteiger partial charge on any atom is -0.406 e. The summed E-state index contributed by atoms with van der Waals surface area (Å²) >= 11 is 6.37. The van der Waals surface area contributed by atoms with Gasteiger partial charge in [0.05, 0.1) is 10.2 Å². The number of aromatic nitrogens is 1. The van der Waals surface area contributed by atoms with Crippen LogP contribution in [-0.4, -0.2) is 16.5 Å². The van der Waals surface area contributed by atoms with Crippen LogP contribution in [0.1, 0.15) is 0 Å². The summed E-state index contributed by atoms with van der Waals surface area (Å²) in [6.07, 6.45) is -4.72. The number of thiocarbonyl (C=S) groups is 1. The number of rotatable bonds is 3. The maximum Gasteiger partial charge on any atom is 0.573 e. The van der Waals surface area contributed by atoms with Crippen LogP contribution in [0.3, 0.4) is 0 Å². The molecule has 0 bridgehead atoms. The molecule has 0 aliphatic heterocycles. The van der Waals surface area contributed by atoms with Gasteiger partial charge in [-0.05, 0) is 36.5 Å². The van der Waals surface area contributed by atoms with Crippen molar-refractivity contribution in [3.05, 3.63) is 48.5 Å². The lowest BCUT2D eigenvalue weighted by molar-refractivity contribution is -0.274. The summed E-state index contributed by atoms with van der Waals surface area (Å²) in [4.78, 5) is 4.28. The Labute approximate surface area is 144 Å². The van der Waals surface area contributed by atoms with E-state index in [0.29, 0.717) is 20.5 Å². The third-order valence-electron chi connectivity index (χ3n) is 2.85. The van der Waals surface area contributed by atoms with E-state index in [1.807, 2.05) is 30.3 Å². The normalized spacial score (nSPS) is 11.3. The fourth-order valence-corrected chi connectivity index (χ4v) is 3.11. The summed E-state index contributed by atoms with van der Waals surface area (Å²) < 4.78 is 41.2. The molecule has 124 valence electrons. The fraction of sp³-hybridized carbons (Fsp3) is 0.0667. The van der Waals surface area contributed by atoms with Crippen molar-refractivity contribution in [1.82, 2.24) is 4.98 Å². The average molecular weight is 369 g/mol. The first-order valence-corrected chi connectivity index (χ1v) is 7.91. The van der Waals surface area contributed by atoms with Crippen molar-refractivity contribution in [1.29, 1.82) is 0 Å². The Morgan fingerprint density at radius 2 is 1.83 bits per heavy atom. The molecule has 3 aromatic rings. The van der Waals surface area contributed by atoms with Gasteiger partial charge in [-0.15, -0.1) is 13.2 Å². The van der Waals surface area contributed by atoms with Crippen LogP contribution in [-0.2, 0) is 0 Å². The van der Waals surface area contributed by atoms with Crippen LogP contribution in [0.4, 0.5) is 24.0 Å². The minimum absolute atomic E-state index is 0.282. The highest BCUT2D eigenvalue weighted by Gasteiger charge is 2.31. The zero-order valence-electron chi connectivity index (χ0n) is 11.9. The molecule has 0 spiro atoms. The number of benzene rings is 2. The lowest BCUT2D eigenvalue weighted by Crippen LogP contribution is -2.18. The molecule has 1 heterocycles. The zero-order valence-corrected chi connectivity index (χ0v) is 13.6. The number of fused-ring (bicyclic) bond motifs is 1. The molecule has 0 atom stereocenters. The summed E-state index contributed by atoms with van der Waals surface area (Å²) in [6, 6.07) is 13.3. The van der Waals surface area contributed by atoms with E-state index >= 15 is 0 Å². The van der Waals surface area contributed by atoms with Crippen LogP contribution < -0.4 is 15.4 Å². The van der Waals surface area contributed by atoms with Gasteiger partial charge in [0.2, 0.25) is 0 Å². The van der Waals surface area contributed by atoms with Gasteiger partial charge in [0.15, 0.2) is 10.2 Å². The highest BCUT2D eigenvalue weighted by Crippen LogP contribution is 2.31. The van der Waals surface area contributed by atoms with E-state index < -0.39 is 6.36 Å². The quantitative estimate of drug-likeness (QED) is 0.636. The second-order valence-electron chi connectivity index (χ2n) is 4.64. The first-order chi connectivity index (χ1) is 11.4. The van der Waals surface area contributed by atoms with Crippen molar-refractivity contribution in [3.63, 3.8) is 0 Å². The van der Waals surface area contributed by atoms with Crippen LogP contribution in [0.25, 0.3) is 10.2 Å². The topological polar surface area (TPSA) is 46.2 Å². The van der Waals surface area contributed by atoms with E-state index in [4.69, 9.17) is 12.2 Å². The Bertz CT molecular complexity index is 865. The Balaban J connectivity index is 1.72. The summed E-state index contributed by atoms with van der Waals surface area (Å²) in [6.45, 7) is 0. The van der Waals surface area contributed by atoms with Gasteiger partial charge in [0, 0.05) is 11.8 Å². The molecule has 0 fully saturated rings. The second kappa shape index (κ2) is 6.62. The lowest BCUT2D eigenvalue weighted by Gasteiger charge is -2.07. The first kappa shape index (κ1) is 16.5. The van der Waals surface area contributed by atoms with E-state index in [1.165, 1.54) is 29.5 Å². The van der Waals surface area contributed by atoms with Gasteiger partial charge in [-0.1, -0.05) is 29.5 Å². The molecular formula is C15H10F3N3OS2. The van der Waals surface area contributed by atoms with E-state index in [0.717, 1.165) is 5.69 Å². The number of alkyl halides is 3. The molecule has 0 radical (unpaired) electrons. The number of nitrogens with zero attached hydrogens (tertiary/aromatic N) is 1. The molecule has 0 unspecified atom stereocenters. The number of thiazole rings is 1. The van der Waals surface area contributed by atoms with Gasteiger partial charge >= 0.3 is 6.36 Å². The number of anilines is 2. The smallest absolute Gasteiger partial charge is 0.406 e. The van der Waals surface area contributed by atoms with Crippen molar-refractivity contribution in [2.45, 2.75) is 6.36 Å². The molecule has 4 nitrogen and oxygen atoms in total. The summed E-state index contributed by atoms with van der Waals surface area (Å²) in [5.41, 5.74) is 1.37. The molecule has 3 rings (SSSR count). The van der Waals surface area contributed by atoms with E-state index in [2.05, 4.69) is 20.4 Å². The van der Waals surface area contributed by atoms with Crippen LogP contribution in [0.5, 0.6) is 5.75 Å². The second-order valence-corrected chi connectivity index (χ2v) is 6.08. The molecule has 2 aromatic carbocycles. The molecule has 0 aliphatic carbocycles. The van der Waals surface area contributed by atoms with Gasteiger partial charge in [0.25, 0.3) is 0 Å². The van der Waals surface area contributed by atoms with Crippen LogP contribution in [0.2, 0.25) is 0 Å². The lowest BCUT2D eigenvalue weighted by atomic mass is 10.3. The fourth-order valence-electron chi connectivity index (χ4n) is 1.94. The average Bonchev–Trinajstić information content (AvgIpc) is 2.87. The molecule has 0 saturated heterocycles. The largest absolute Gasteiger partial charge is 0.573 e. The monoisotopic (exact) mass is 369 g/mol. The molecule has 0 saturated carbocycles. The summed E-state index contributed by atoms with van der Waals surface area (Å²) in [7, 11) is 0. The molecular weight excluding hydrogens is 359 g/mol. The third kappa shape index (κ3) is 4.33. The Kier molecular flexibility index (Phi) is 4.54. The van der Waals surface area contributed by atoms with Crippen molar-refractivity contribution >= 4 is 49.7 Å². The molecule has 0 aliphatic rings. The van der Waals surface area contributed by atoms with Crippen LogP contribution in [0, 0.1) is 0 Å². The molecule has 0 amide bonds. The van der Waals surface area contributed by atoms with Crippen LogP contribution >= 0.6 is 23.6 Å². The number of halogens is 3. The van der Waals surface area contributed by atoms with Gasteiger partial charge in [-0.3, -0.25) is 0 Å². The molecule has 24 heavy (non-hydrogen) atoms. The first-order valence-electron chi connectivity index (χ1n) is 6.68. The predicted molar refractivity (Wildman–Crippen MR) is 92.6 cm³/mol. The Hall–Kier alpha value is -2.39. The third-order valence-corrected chi connectivity index (χ3v) is 3.98. The maximum absolute atomic E-state index is 12.3. The number of nitrogens with one attached hydrogen (secondary N) is 2. The summed E-state index contributed by atoms with van der Waals surface area (Å²) in [5, 5.41) is 6.72. The molecule has 9 heteroatoms. The van der Waals surface area contributed by atoms with Crippen molar-refractivity contribution in [2.24, 2.45) is 0 Å². The number of ether oxygens (including phenoxy) is 1. The zero-order chi connectivity index (χ0) is 17.2. The van der Waals surface area contributed by atoms with Crippen molar-refractivity contribution in [3.8, 4) is 5.75 Å². The summed E-state index contributed by atoms with van der Waals surface area (Å²) in [5.74, 6) is -0.282. The predicted octanol–water partition coefficient (Wildman–Crippen LogP) is 5.00. The van der Waals surface area contributed by atoms with Crippen molar-refractivity contribution in [2.75, 3.05) is 10.6 Å². The van der Waals surface area contributed by atoms with Gasteiger partial charge in [-0.2, -0.15) is 0 Å². The van der Waals surface area contributed by atoms with E-state index in [1.54, 1.807) is 0 Å². The molecule has 2 N–H and O–H groups in total. The highest BCUT2D eigenvalue weighted by atomic mass is 32.1. The Morgan fingerprint density at radius 3 is 2.54 bits per heavy atom. The van der Waals surface area contributed by atoms with E-state index in [-0.39, 0.29) is 5.75 Å². The van der Waals surface area contributed by atoms with Gasteiger partial charge in [0.1, 0.15) is 5.75 Å². The number of para-hydroxylation sites is 1. The van der Waals surface area contributed by atoms with Crippen molar-refractivity contribution < 1.29 is 17.9 Å². The molecule has 1 aromatic heterocycles. The van der Waals surface area contributed by atoms with Gasteiger partial charge < -0.3 is 15.4 Å². The maximum atomic E-state index is 12.3. The minimum atomic E-state index is -4.72. The Morgan fingerprint density at radius 1 is 1.08 bits per heavy atom. The SMILES string of the molecule is FC(F)(F)Oc1ccc2nc(NC(=S)Nc3ccccc3)sc2c1. The standard InChI is InChI=1S/C15H10F3N3OS2/c16-15(17,18)22-10-6-7-11-12(8-10)24-14(20-11)21-13(23)19-9-4-2-1-3-5-9/h1-8H,(H2,19,20,21,23). The van der Waals surface area contributed by atoms with E-state index in [9.17, 15) is 13.2 Å². The number of hydrogen-bond donors (Lipinski definition) is 2. The number of hydrogen-bond acceptors (Lipinski definition) is 4. The van der Waals surface area contributed by atoms with Crippen LogP contribution in [0.15, 0.2) is 48.5 Å². The highest BCUT2D eigenvalue weighted by molar-refractivity contribution is 7.80. The van der Waals surface area contributed by atoms with Gasteiger partial charge in [-0.25, -0.2) is 4.98 Å².